The summed E-state index contributed by atoms with van der Waals surface area (Å²) >= 11 is 0. The van der Waals surface area contributed by atoms with Crippen molar-refractivity contribution < 1.29 is 9.84 Å². The first kappa shape index (κ1) is 12.6. The van der Waals surface area contributed by atoms with Gasteiger partial charge in [-0.2, -0.15) is 0 Å². The molecule has 1 aliphatic carbocycles. The monoisotopic (exact) mass is 235 g/mol. The second-order valence-electron chi connectivity index (χ2n) is 4.88. The Morgan fingerprint density at radius 3 is 2.82 bits per heavy atom. The quantitative estimate of drug-likeness (QED) is 0.788. The van der Waals surface area contributed by atoms with Gasteiger partial charge in [0, 0.05) is 13.7 Å². The van der Waals surface area contributed by atoms with Gasteiger partial charge in [0.2, 0.25) is 0 Å². The summed E-state index contributed by atoms with van der Waals surface area (Å²) < 4.78 is 5.12. The Labute approximate surface area is 103 Å². The van der Waals surface area contributed by atoms with Gasteiger partial charge in [0.25, 0.3) is 0 Å². The number of nitrogens with one attached hydrogen (secondary N) is 1. The molecule has 0 unspecified atom stereocenters. The molecule has 17 heavy (non-hydrogen) atoms. The van der Waals surface area contributed by atoms with Gasteiger partial charge in [-0.15, -0.1) is 0 Å². The Bertz CT molecular complexity index is 348. The van der Waals surface area contributed by atoms with E-state index in [0.717, 1.165) is 25.9 Å². The highest BCUT2D eigenvalue weighted by Gasteiger charge is 2.26. The van der Waals surface area contributed by atoms with Gasteiger partial charge < -0.3 is 15.2 Å². The van der Waals surface area contributed by atoms with E-state index in [2.05, 4.69) is 29.6 Å². The Morgan fingerprint density at radius 1 is 1.35 bits per heavy atom. The number of benzene rings is 1. The van der Waals surface area contributed by atoms with Crippen LogP contribution in [0.1, 0.15) is 24.0 Å². The molecule has 1 aromatic carbocycles. The van der Waals surface area contributed by atoms with Gasteiger partial charge in [-0.25, -0.2) is 0 Å². The van der Waals surface area contributed by atoms with Gasteiger partial charge in [-0.05, 0) is 36.4 Å². The second kappa shape index (κ2) is 6.15. The van der Waals surface area contributed by atoms with Gasteiger partial charge in [0.15, 0.2) is 0 Å². The van der Waals surface area contributed by atoms with Gasteiger partial charge in [0.1, 0.15) is 0 Å². The zero-order valence-corrected chi connectivity index (χ0v) is 10.4. The van der Waals surface area contributed by atoms with E-state index < -0.39 is 0 Å². The topological polar surface area (TPSA) is 41.5 Å². The lowest BCUT2D eigenvalue weighted by Crippen LogP contribution is -2.35. The molecule has 1 aliphatic rings. The summed E-state index contributed by atoms with van der Waals surface area (Å²) in [5, 5.41) is 12.6. The molecule has 0 saturated heterocycles. The van der Waals surface area contributed by atoms with Gasteiger partial charge in [-0.1, -0.05) is 24.3 Å². The number of hydrogen-bond acceptors (Lipinski definition) is 3. The van der Waals surface area contributed by atoms with E-state index in [0.29, 0.717) is 12.5 Å². The highest BCUT2D eigenvalue weighted by Crippen LogP contribution is 2.26. The van der Waals surface area contributed by atoms with Crippen molar-refractivity contribution in [2.45, 2.75) is 32.1 Å². The molecule has 2 N–H and O–H groups in total. The highest BCUT2D eigenvalue weighted by molar-refractivity contribution is 5.22. The van der Waals surface area contributed by atoms with Crippen LogP contribution < -0.4 is 5.32 Å². The number of aliphatic hydroxyl groups excluding tert-OH is 1. The Morgan fingerprint density at radius 2 is 2.12 bits per heavy atom. The van der Waals surface area contributed by atoms with Crippen molar-refractivity contribution in [1.29, 1.82) is 0 Å². The van der Waals surface area contributed by atoms with Crippen LogP contribution in [0.4, 0.5) is 0 Å². The van der Waals surface area contributed by atoms with Crippen molar-refractivity contribution in [3.05, 3.63) is 35.4 Å². The van der Waals surface area contributed by atoms with Crippen LogP contribution in [0.3, 0.4) is 0 Å². The molecule has 94 valence electrons. The third-order valence-electron chi connectivity index (χ3n) is 3.28. The molecular weight excluding hydrogens is 214 g/mol. The predicted molar refractivity (Wildman–Crippen MR) is 67.6 cm³/mol. The van der Waals surface area contributed by atoms with Crippen LogP contribution in [0.2, 0.25) is 0 Å². The molecule has 3 heteroatoms. The van der Waals surface area contributed by atoms with Crippen molar-refractivity contribution in [2.75, 3.05) is 13.7 Å². The fourth-order valence-electron chi connectivity index (χ4n) is 2.28. The number of ether oxygens (including phenoxy) is 1. The Hall–Kier alpha value is -0.900. The van der Waals surface area contributed by atoms with E-state index in [4.69, 9.17) is 4.74 Å². The summed E-state index contributed by atoms with van der Waals surface area (Å²) in [5.74, 6) is 0.659. The van der Waals surface area contributed by atoms with Crippen molar-refractivity contribution in [1.82, 2.24) is 5.32 Å². The number of methoxy groups -OCH3 is 1. The predicted octanol–water partition coefficient (Wildman–Crippen LogP) is 1.69. The minimum absolute atomic E-state index is 0.0492. The second-order valence-corrected chi connectivity index (χ2v) is 4.88. The molecule has 0 heterocycles. The van der Waals surface area contributed by atoms with Crippen LogP contribution in [0.25, 0.3) is 0 Å². The van der Waals surface area contributed by atoms with E-state index in [1.807, 2.05) is 0 Å². The van der Waals surface area contributed by atoms with E-state index in [9.17, 15) is 5.11 Å². The molecule has 0 aliphatic heterocycles. The maximum atomic E-state index is 9.19. The van der Waals surface area contributed by atoms with E-state index >= 15 is 0 Å². The van der Waals surface area contributed by atoms with E-state index in [1.54, 1.807) is 7.11 Å². The molecule has 1 saturated carbocycles. The summed E-state index contributed by atoms with van der Waals surface area (Å²) in [6, 6.07) is 8.45. The average Bonchev–Trinajstić information content (AvgIpc) is 2.28. The summed E-state index contributed by atoms with van der Waals surface area (Å²) in [6.45, 7) is 2.57. The van der Waals surface area contributed by atoms with Crippen LogP contribution in [0, 0.1) is 5.92 Å². The standard InChI is InChI=1S/C14H21NO2/c1-17-10-12-4-2-3-11(5-12)8-15-9-13-6-14(16)7-13/h2-5,13-16H,6-10H2,1H3. The summed E-state index contributed by atoms with van der Waals surface area (Å²) in [6.07, 6.45) is 1.86. The molecule has 0 radical (unpaired) electrons. The number of rotatable bonds is 6. The van der Waals surface area contributed by atoms with Crippen molar-refractivity contribution in [2.24, 2.45) is 5.92 Å². The molecule has 0 atom stereocenters. The average molecular weight is 235 g/mol. The Balaban J connectivity index is 1.72. The Kier molecular flexibility index (Phi) is 4.54. The van der Waals surface area contributed by atoms with Gasteiger partial charge >= 0.3 is 0 Å². The number of aliphatic hydroxyl groups is 1. The van der Waals surface area contributed by atoms with Crippen LogP contribution in [-0.2, 0) is 17.9 Å². The molecular formula is C14H21NO2. The summed E-state index contributed by atoms with van der Waals surface area (Å²) in [7, 11) is 1.72. The normalized spacial score (nSPS) is 23.4. The first-order valence-corrected chi connectivity index (χ1v) is 6.23. The molecule has 0 spiro atoms. The third-order valence-corrected chi connectivity index (χ3v) is 3.28. The van der Waals surface area contributed by atoms with Crippen molar-refractivity contribution in [3.8, 4) is 0 Å². The molecule has 0 amide bonds. The van der Waals surface area contributed by atoms with Crippen LogP contribution in [0.15, 0.2) is 24.3 Å². The first-order valence-electron chi connectivity index (χ1n) is 6.23. The summed E-state index contributed by atoms with van der Waals surface area (Å²) in [4.78, 5) is 0. The lowest BCUT2D eigenvalue weighted by atomic mass is 9.82. The fraction of sp³-hybridized carbons (Fsp3) is 0.571. The molecule has 2 rings (SSSR count). The van der Waals surface area contributed by atoms with E-state index in [-0.39, 0.29) is 6.10 Å². The maximum absolute atomic E-state index is 9.19. The smallest absolute Gasteiger partial charge is 0.0713 e. The van der Waals surface area contributed by atoms with E-state index in [1.165, 1.54) is 11.1 Å². The molecule has 1 aromatic rings. The lowest BCUT2D eigenvalue weighted by molar-refractivity contribution is 0.0430. The maximum Gasteiger partial charge on any atom is 0.0713 e. The van der Waals surface area contributed by atoms with Gasteiger partial charge in [-0.3, -0.25) is 0 Å². The highest BCUT2D eigenvalue weighted by atomic mass is 16.5. The van der Waals surface area contributed by atoms with Crippen molar-refractivity contribution >= 4 is 0 Å². The molecule has 1 fully saturated rings. The largest absolute Gasteiger partial charge is 0.393 e. The lowest BCUT2D eigenvalue weighted by Gasteiger charge is -2.31. The molecule has 3 nitrogen and oxygen atoms in total. The zero-order valence-electron chi connectivity index (χ0n) is 10.4. The van der Waals surface area contributed by atoms with Crippen LogP contribution in [-0.4, -0.2) is 24.9 Å². The summed E-state index contributed by atoms with van der Waals surface area (Å²) in [5.41, 5.74) is 2.50. The SMILES string of the molecule is COCc1cccc(CNCC2CC(O)C2)c1. The minimum Gasteiger partial charge on any atom is -0.393 e. The minimum atomic E-state index is -0.0492. The zero-order chi connectivity index (χ0) is 12.1. The third kappa shape index (κ3) is 3.80. The van der Waals surface area contributed by atoms with Crippen molar-refractivity contribution in [3.63, 3.8) is 0 Å². The first-order chi connectivity index (χ1) is 8.28. The molecule has 0 aromatic heterocycles. The number of hydrogen-bond donors (Lipinski definition) is 2. The fourth-order valence-corrected chi connectivity index (χ4v) is 2.28. The van der Waals surface area contributed by atoms with Crippen LogP contribution in [0.5, 0.6) is 0 Å². The van der Waals surface area contributed by atoms with Crippen LogP contribution >= 0.6 is 0 Å². The van der Waals surface area contributed by atoms with Gasteiger partial charge in [0.05, 0.1) is 12.7 Å². The molecule has 0 bridgehead atoms.